The van der Waals surface area contributed by atoms with Crippen molar-refractivity contribution in [2.24, 2.45) is 4.99 Å². The Bertz CT molecular complexity index is 745. The Balaban J connectivity index is 1.60. The van der Waals surface area contributed by atoms with Crippen molar-refractivity contribution >= 4 is 17.3 Å². The maximum atomic E-state index is 4.65. The number of nitrogens with zero attached hydrogens (tertiary/aromatic N) is 3. The van der Waals surface area contributed by atoms with Gasteiger partial charge in [0, 0.05) is 23.8 Å². The van der Waals surface area contributed by atoms with Gasteiger partial charge in [-0.3, -0.25) is 0 Å². The summed E-state index contributed by atoms with van der Waals surface area (Å²) in [6.07, 6.45) is 3.71. The molecule has 3 aromatic rings. The van der Waals surface area contributed by atoms with E-state index in [0.717, 1.165) is 24.7 Å². The van der Waals surface area contributed by atoms with Crippen LogP contribution in [-0.2, 0) is 13.1 Å². The summed E-state index contributed by atoms with van der Waals surface area (Å²) in [4.78, 5) is 5.95. The number of aromatic nitrogens is 2. The predicted octanol–water partition coefficient (Wildman–Crippen LogP) is 3.19. The first-order valence-corrected chi connectivity index (χ1v) is 8.86. The van der Waals surface area contributed by atoms with Crippen LogP contribution < -0.4 is 10.6 Å². The van der Waals surface area contributed by atoms with Gasteiger partial charge in [0.2, 0.25) is 0 Å². The number of hydrogen-bond acceptors (Lipinski definition) is 3. The summed E-state index contributed by atoms with van der Waals surface area (Å²) in [7, 11) is 0. The van der Waals surface area contributed by atoms with Gasteiger partial charge in [-0.05, 0) is 42.1 Å². The molecule has 2 N–H and O–H groups in total. The molecule has 0 bridgehead atoms. The molecule has 0 aliphatic heterocycles. The van der Waals surface area contributed by atoms with Crippen LogP contribution in [0.1, 0.15) is 17.4 Å². The Morgan fingerprint density at radius 1 is 1.17 bits per heavy atom. The van der Waals surface area contributed by atoms with Crippen LogP contribution in [0.25, 0.3) is 5.69 Å². The fourth-order valence-corrected chi connectivity index (χ4v) is 2.92. The van der Waals surface area contributed by atoms with Crippen LogP contribution in [0.2, 0.25) is 0 Å². The van der Waals surface area contributed by atoms with Gasteiger partial charge < -0.3 is 10.6 Å². The van der Waals surface area contributed by atoms with Crippen LogP contribution in [0.4, 0.5) is 0 Å². The summed E-state index contributed by atoms with van der Waals surface area (Å²) < 4.78 is 1.85. The van der Waals surface area contributed by atoms with Gasteiger partial charge in [0.1, 0.15) is 0 Å². The third-order valence-corrected chi connectivity index (χ3v) is 4.36. The summed E-state index contributed by atoms with van der Waals surface area (Å²) in [6, 6.07) is 14.4. The molecule has 0 unspecified atom stereocenters. The van der Waals surface area contributed by atoms with Crippen molar-refractivity contribution < 1.29 is 0 Å². The van der Waals surface area contributed by atoms with Crippen molar-refractivity contribution in [2.45, 2.75) is 20.0 Å². The molecule has 3 rings (SSSR count). The molecule has 0 saturated heterocycles. The zero-order valence-corrected chi connectivity index (χ0v) is 14.5. The fourth-order valence-electron chi connectivity index (χ4n) is 2.27. The van der Waals surface area contributed by atoms with Gasteiger partial charge in [0.15, 0.2) is 5.96 Å². The van der Waals surface area contributed by atoms with Crippen molar-refractivity contribution in [2.75, 3.05) is 6.54 Å². The van der Waals surface area contributed by atoms with Crippen LogP contribution in [0.5, 0.6) is 0 Å². The minimum Gasteiger partial charge on any atom is -0.357 e. The Labute approximate surface area is 146 Å². The summed E-state index contributed by atoms with van der Waals surface area (Å²) in [6.45, 7) is 4.34. The van der Waals surface area contributed by atoms with Crippen LogP contribution in [0.15, 0.2) is 65.2 Å². The quantitative estimate of drug-likeness (QED) is 0.536. The van der Waals surface area contributed by atoms with E-state index >= 15 is 0 Å². The van der Waals surface area contributed by atoms with Gasteiger partial charge in [0.25, 0.3) is 0 Å². The second kappa shape index (κ2) is 8.31. The lowest BCUT2D eigenvalue weighted by Gasteiger charge is -2.10. The molecule has 0 aliphatic rings. The number of thiophene rings is 1. The molecule has 1 aromatic carbocycles. The topological polar surface area (TPSA) is 54.2 Å². The van der Waals surface area contributed by atoms with Crippen LogP contribution in [0.3, 0.4) is 0 Å². The largest absolute Gasteiger partial charge is 0.357 e. The van der Waals surface area contributed by atoms with Crippen molar-refractivity contribution in [3.05, 3.63) is 70.7 Å². The Morgan fingerprint density at radius 3 is 2.71 bits per heavy atom. The smallest absolute Gasteiger partial charge is 0.191 e. The molecule has 0 atom stereocenters. The fraction of sp³-hybridized carbons (Fsp3) is 0.222. The Hall–Kier alpha value is -2.60. The molecule has 0 radical (unpaired) electrons. The van der Waals surface area contributed by atoms with E-state index in [-0.39, 0.29) is 0 Å². The van der Waals surface area contributed by atoms with E-state index in [2.05, 4.69) is 69.4 Å². The SMILES string of the molecule is CCNC(=NCc1ccc(-n2cccn2)cc1)NCc1cccs1. The molecule has 0 amide bonds. The highest BCUT2D eigenvalue weighted by molar-refractivity contribution is 7.09. The van der Waals surface area contributed by atoms with Gasteiger partial charge in [0.05, 0.1) is 18.8 Å². The highest BCUT2D eigenvalue weighted by Crippen LogP contribution is 2.10. The Morgan fingerprint density at radius 2 is 2.04 bits per heavy atom. The molecule has 5 nitrogen and oxygen atoms in total. The monoisotopic (exact) mass is 339 g/mol. The number of hydrogen-bond donors (Lipinski definition) is 2. The van der Waals surface area contributed by atoms with E-state index in [1.807, 2.05) is 16.9 Å². The van der Waals surface area contributed by atoms with Crippen LogP contribution in [0, 0.1) is 0 Å². The van der Waals surface area contributed by atoms with Crippen molar-refractivity contribution in [1.29, 1.82) is 0 Å². The standard InChI is InChI=1S/C18H21N5S/c1-2-19-18(21-14-17-5-3-12-24-17)20-13-15-6-8-16(9-7-15)23-11-4-10-22-23/h3-12H,2,13-14H2,1H3,(H2,19,20,21). The summed E-state index contributed by atoms with van der Waals surface area (Å²) in [5.74, 6) is 0.835. The summed E-state index contributed by atoms with van der Waals surface area (Å²) in [5.41, 5.74) is 2.22. The van der Waals surface area contributed by atoms with Gasteiger partial charge in [-0.25, -0.2) is 9.67 Å². The molecular formula is C18H21N5S. The first kappa shape index (κ1) is 16.3. The Kier molecular flexibility index (Phi) is 5.63. The molecule has 0 fully saturated rings. The molecule has 2 aromatic heterocycles. The van der Waals surface area contributed by atoms with Crippen LogP contribution >= 0.6 is 11.3 Å². The van der Waals surface area contributed by atoms with Gasteiger partial charge in [-0.15, -0.1) is 11.3 Å². The third-order valence-electron chi connectivity index (χ3n) is 3.48. The number of rotatable bonds is 6. The molecular weight excluding hydrogens is 318 g/mol. The van der Waals surface area contributed by atoms with E-state index in [0.29, 0.717) is 6.54 Å². The maximum Gasteiger partial charge on any atom is 0.191 e. The average Bonchev–Trinajstić information content (AvgIpc) is 3.31. The number of benzene rings is 1. The lowest BCUT2D eigenvalue weighted by atomic mass is 10.2. The van der Waals surface area contributed by atoms with Gasteiger partial charge >= 0.3 is 0 Å². The van der Waals surface area contributed by atoms with Gasteiger partial charge in [-0.1, -0.05) is 18.2 Å². The van der Waals surface area contributed by atoms with E-state index in [1.165, 1.54) is 10.4 Å². The number of aliphatic imine (C=N–C) groups is 1. The second-order valence-electron chi connectivity index (χ2n) is 5.25. The third kappa shape index (κ3) is 4.45. The lowest BCUT2D eigenvalue weighted by molar-refractivity contribution is 0.823. The zero-order valence-electron chi connectivity index (χ0n) is 13.6. The predicted molar refractivity (Wildman–Crippen MR) is 99.5 cm³/mol. The molecule has 24 heavy (non-hydrogen) atoms. The normalized spacial score (nSPS) is 11.5. The minimum absolute atomic E-state index is 0.638. The number of guanidine groups is 1. The van der Waals surface area contributed by atoms with E-state index in [1.54, 1.807) is 17.5 Å². The second-order valence-corrected chi connectivity index (χ2v) is 6.28. The highest BCUT2D eigenvalue weighted by Gasteiger charge is 2.00. The molecule has 2 heterocycles. The molecule has 0 saturated carbocycles. The van der Waals surface area contributed by atoms with E-state index < -0.39 is 0 Å². The number of nitrogens with one attached hydrogen (secondary N) is 2. The van der Waals surface area contributed by atoms with Crippen LogP contribution in [-0.4, -0.2) is 22.3 Å². The molecule has 0 aliphatic carbocycles. The van der Waals surface area contributed by atoms with Crippen molar-refractivity contribution in [3.8, 4) is 5.69 Å². The first-order valence-electron chi connectivity index (χ1n) is 7.98. The van der Waals surface area contributed by atoms with Crippen molar-refractivity contribution in [3.63, 3.8) is 0 Å². The first-order chi connectivity index (χ1) is 11.8. The summed E-state index contributed by atoms with van der Waals surface area (Å²) in [5, 5.41) is 13.0. The van der Waals surface area contributed by atoms with E-state index in [4.69, 9.17) is 0 Å². The highest BCUT2D eigenvalue weighted by atomic mass is 32.1. The molecule has 6 heteroatoms. The lowest BCUT2D eigenvalue weighted by Crippen LogP contribution is -2.36. The van der Waals surface area contributed by atoms with Gasteiger partial charge in [-0.2, -0.15) is 5.10 Å². The summed E-state index contributed by atoms with van der Waals surface area (Å²) >= 11 is 1.74. The molecule has 124 valence electrons. The average molecular weight is 339 g/mol. The molecule has 0 spiro atoms. The zero-order chi connectivity index (χ0) is 16.6. The van der Waals surface area contributed by atoms with Crippen molar-refractivity contribution in [1.82, 2.24) is 20.4 Å². The van der Waals surface area contributed by atoms with E-state index in [9.17, 15) is 0 Å². The maximum absolute atomic E-state index is 4.65. The minimum atomic E-state index is 0.638.